The summed E-state index contributed by atoms with van der Waals surface area (Å²) in [5.41, 5.74) is 6.80. The van der Waals surface area contributed by atoms with Gasteiger partial charge in [-0.1, -0.05) is 23.4 Å². The minimum Gasteiger partial charge on any atom is -0.368 e. The maximum Gasteiger partial charge on any atom is 0.240 e. The summed E-state index contributed by atoms with van der Waals surface area (Å²) in [4.78, 5) is 19.1. The van der Waals surface area contributed by atoms with Gasteiger partial charge in [-0.2, -0.15) is 19.9 Å². The Balaban J connectivity index is 1.32. The first-order valence-corrected chi connectivity index (χ1v) is 12.1. The van der Waals surface area contributed by atoms with Crippen LogP contribution in [0.4, 0.5) is 17.6 Å². The lowest BCUT2D eigenvalue weighted by atomic mass is 9.98. The highest BCUT2D eigenvalue weighted by atomic mass is 32.2. The minimum atomic E-state index is -3.15. The van der Waals surface area contributed by atoms with Gasteiger partial charge in [0, 0.05) is 31.7 Å². The molecule has 5 rings (SSSR count). The van der Waals surface area contributed by atoms with Gasteiger partial charge in [0.2, 0.25) is 39.5 Å². The van der Waals surface area contributed by atoms with Crippen LogP contribution < -0.4 is 10.6 Å². The van der Waals surface area contributed by atoms with E-state index in [2.05, 4.69) is 25.1 Å². The van der Waals surface area contributed by atoms with Gasteiger partial charge in [-0.3, -0.25) is 0 Å². The molecule has 1 aliphatic heterocycles. The number of nitrogens with two attached hydrogens (primary N) is 1. The summed E-state index contributed by atoms with van der Waals surface area (Å²) in [6.45, 7) is 0.928. The van der Waals surface area contributed by atoms with E-state index in [1.54, 1.807) is 9.21 Å². The van der Waals surface area contributed by atoms with Gasteiger partial charge in [0.15, 0.2) is 0 Å². The molecule has 3 heterocycles. The first-order valence-electron chi connectivity index (χ1n) is 10.5. The van der Waals surface area contributed by atoms with Crippen LogP contribution in [0, 0.1) is 0 Å². The Hall–Kier alpha value is -3.12. The van der Waals surface area contributed by atoms with Crippen LogP contribution in [0.15, 0.2) is 34.9 Å². The van der Waals surface area contributed by atoms with Crippen LogP contribution in [0.3, 0.4) is 0 Å². The van der Waals surface area contributed by atoms with Crippen molar-refractivity contribution in [2.75, 3.05) is 30.8 Å². The van der Waals surface area contributed by atoms with Gasteiger partial charge in [-0.15, -0.1) is 0 Å². The van der Waals surface area contributed by atoms with Crippen LogP contribution in [-0.2, 0) is 10.0 Å². The van der Waals surface area contributed by atoms with Gasteiger partial charge < -0.3 is 15.2 Å². The average molecular weight is 457 g/mol. The van der Waals surface area contributed by atoms with Crippen molar-refractivity contribution in [1.82, 2.24) is 29.4 Å². The van der Waals surface area contributed by atoms with Gasteiger partial charge in [-0.25, -0.2) is 12.7 Å². The van der Waals surface area contributed by atoms with Crippen LogP contribution >= 0.6 is 0 Å². The molecule has 2 fully saturated rings. The number of sulfonamides is 1. The largest absolute Gasteiger partial charge is 0.368 e. The Labute approximate surface area is 185 Å². The summed E-state index contributed by atoms with van der Waals surface area (Å²) in [6.07, 6.45) is 2.81. The van der Waals surface area contributed by atoms with E-state index in [0.717, 1.165) is 18.5 Å². The molecule has 2 N–H and O–H groups in total. The van der Waals surface area contributed by atoms with E-state index in [-0.39, 0.29) is 28.8 Å². The Morgan fingerprint density at radius 2 is 1.72 bits per heavy atom. The molecule has 1 saturated carbocycles. The fourth-order valence-corrected chi connectivity index (χ4v) is 5.70. The lowest BCUT2D eigenvalue weighted by Crippen LogP contribution is -2.39. The number of nitrogen functional groups attached to an aromatic ring is 1. The van der Waals surface area contributed by atoms with Crippen molar-refractivity contribution in [2.24, 2.45) is 0 Å². The molecule has 1 saturated heterocycles. The van der Waals surface area contributed by atoms with Crippen LogP contribution in [-0.4, -0.2) is 63.2 Å². The lowest BCUT2D eigenvalue weighted by Gasteiger charge is -2.29. The van der Waals surface area contributed by atoms with E-state index in [9.17, 15) is 8.42 Å². The second-order valence-electron chi connectivity index (χ2n) is 8.09. The van der Waals surface area contributed by atoms with E-state index < -0.39 is 10.0 Å². The predicted octanol–water partition coefficient (Wildman–Crippen LogP) is 1.94. The Morgan fingerprint density at radius 1 is 1.00 bits per heavy atom. The minimum absolute atomic E-state index is 0.00690. The first kappa shape index (κ1) is 20.8. The van der Waals surface area contributed by atoms with Crippen molar-refractivity contribution in [2.45, 2.75) is 36.9 Å². The molecule has 2 aromatic heterocycles. The predicted molar refractivity (Wildman–Crippen MR) is 118 cm³/mol. The molecule has 168 valence electrons. The number of para-hydroxylation sites is 1. The van der Waals surface area contributed by atoms with E-state index in [1.165, 1.54) is 0 Å². The summed E-state index contributed by atoms with van der Waals surface area (Å²) in [7, 11) is -1.32. The number of hydrogen-bond donors (Lipinski definition) is 1. The van der Waals surface area contributed by atoms with Gasteiger partial charge in [0.25, 0.3) is 0 Å². The fourth-order valence-electron chi connectivity index (χ4n) is 3.82. The van der Waals surface area contributed by atoms with E-state index >= 15 is 0 Å². The van der Waals surface area contributed by atoms with Crippen LogP contribution in [0.25, 0.3) is 11.6 Å². The van der Waals surface area contributed by atoms with Crippen molar-refractivity contribution in [3.8, 4) is 11.6 Å². The van der Waals surface area contributed by atoms with Crippen LogP contribution in [0.5, 0.6) is 0 Å². The molecular weight excluding hydrogens is 432 g/mol. The molecule has 1 aromatic carbocycles. The molecule has 0 unspecified atom stereocenters. The molecular formula is C20H24N8O3S. The number of aromatic nitrogens is 5. The van der Waals surface area contributed by atoms with Crippen molar-refractivity contribution < 1.29 is 12.9 Å². The monoisotopic (exact) mass is 456 g/mol. The number of hydrogen-bond acceptors (Lipinski definition) is 10. The van der Waals surface area contributed by atoms with Gasteiger partial charge >= 0.3 is 0 Å². The molecule has 0 radical (unpaired) electrons. The molecule has 0 atom stereocenters. The standard InChI is InChI=1S/C20H24N8O3S/c1-27(14-5-3-2-4-6-14)20-24-16(23-19(21)25-20)17-22-18(31-26-17)13-9-11-28(12-10-13)32(29,30)15-7-8-15/h2-6,13,15H,7-12H2,1H3,(H2,21,23,24,25). The maximum absolute atomic E-state index is 12.4. The SMILES string of the molecule is CN(c1ccccc1)c1nc(N)nc(-c2noc(C3CCN(S(=O)(=O)C4CC4)CC3)n2)n1. The Bertz CT molecular complexity index is 1200. The normalized spacial score (nSPS) is 18.0. The first-order chi connectivity index (χ1) is 15.4. The number of nitrogens with zero attached hydrogens (tertiary/aromatic N) is 7. The highest BCUT2D eigenvalue weighted by molar-refractivity contribution is 7.90. The summed E-state index contributed by atoms with van der Waals surface area (Å²) in [6, 6.07) is 9.63. The number of benzene rings is 1. The van der Waals surface area contributed by atoms with Crippen molar-refractivity contribution in [1.29, 1.82) is 0 Å². The molecule has 11 nitrogen and oxygen atoms in total. The molecule has 0 amide bonds. The Kier molecular flexibility index (Phi) is 5.25. The third-order valence-corrected chi connectivity index (χ3v) is 8.23. The summed E-state index contributed by atoms with van der Waals surface area (Å²) >= 11 is 0. The molecule has 12 heteroatoms. The van der Waals surface area contributed by atoms with E-state index in [4.69, 9.17) is 10.3 Å². The molecule has 0 bridgehead atoms. The zero-order valence-electron chi connectivity index (χ0n) is 17.6. The zero-order chi connectivity index (χ0) is 22.3. The molecule has 0 spiro atoms. The second-order valence-corrected chi connectivity index (χ2v) is 10.3. The van der Waals surface area contributed by atoms with E-state index in [0.29, 0.717) is 37.8 Å². The third kappa shape index (κ3) is 4.02. The molecule has 1 aliphatic carbocycles. The quantitative estimate of drug-likeness (QED) is 0.584. The number of rotatable bonds is 6. The third-order valence-electron chi connectivity index (χ3n) is 5.83. The highest BCUT2D eigenvalue weighted by Gasteiger charge is 2.41. The van der Waals surface area contributed by atoms with Gasteiger partial charge in [-0.05, 0) is 37.8 Å². The summed E-state index contributed by atoms with van der Waals surface area (Å²) in [5, 5.41) is 3.85. The fraction of sp³-hybridized carbons (Fsp3) is 0.450. The molecule has 32 heavy (non-hydrogen) atoms. The summed E-state index contributed by atoms with van der Waals surface area (Å²) in [5.74, 6) is 1.32. The second kappa shape index (κ2) is 8.10. The zero-order valence-corrected chi connectivity index (χ0v) is 18.4. The topological polar surface area (TPSA) is 144 Å². The Morgan fingerprint density at radius 3 is 2.41 bits per heavy atom. The highest BCUT2D eigenvalue weighted by Crippen LogP contribution is 2.35. The number of anilines is 3. The van der Waals surface area contributed by atoms with Gasteiger partial charge in [0.1, 0.15) is 0 Å². The molecule has 2 aliphatic rings. The van der Waals surface area contributed by atoms with Crippen molar-refractivity contribution in [3.05, 3.63) is 36.2 Å². The van der Waals surface area contributed by atoms with Crippen molar-refractivity contribution >= 4 is 27.6 Å². The van der Waals surface area contributed by atoms with Crippen LogP contribution in [0.1, 0.15) is 37.5 Å². The smallest absolute Gasteiger partial charge is 0.240 e. The van der Waals surface area contributed by atoms with E-state index in [1.807, 2.05) is 37.4 Å². The van der Waals surface area contributed by atoms with Gasteiger partial charge in [0.05, 0.1) is 5.25 Å². The number of piperidine rings is 1. The van der Waals surface area contributed by atoms with Crippen molar-refractivity contribution in [3.63, 3.8) is 0 Å². The molecule has 3 aromatic rings. The maximum atomic E-state index is 12.4. The average Bonchev–Trinajstić information content (AvgIpc) is 3.57. The lowest BCUT2D eigenvalue weighted by molar-refractivity contribution is 0.270. The summed E-state index contributed by atoms with van der Waals surface area (Å²) < 4.78 is 31.9. The van der Waals surface area contributed by atoms with Crippen LogP contribution in [0.2, 0.25) is 0 Å².